The van der Waals surface area contributed by atoms with Crippen LogP contribution in [0.5, 0.6) is 0 Å². The van der Waals surface area contributed by atoms with Crippen molar-refractivity contribution in [3.63, 3.8) is 0 Å². The molecule has 0 radical (unpaired) electrons. The summed E-state index contributed by atoms with van der Waals surface area (Å²) >= 11 is 0. The number of cyclic esters (lactones) is 2. The van der Waals surface area contributed by atoms with Crippen molar-refractivity contribution >= 4 is 63.1 Å². The molecule has 0 bridgehead atoms. The zero-order chi connectivity index (χ0) is 49.1. The van der Waals surface area contributed by atoms with Crippen molar-refractivity contribution in [2.45, 2.75) is 31.8 Å². The number of hydrogen-bond acceptors (Lipinski definition) is 17. The Balaban J connectivity index is 0.000000219. The predicted octanol–water partition coefficient (Wildman–Crippen LogP) is 4.45. The molecule has 5 heterocycles. The van der Waals surface area contributed by atoms with E-state index in [1.807, 2.05) is 37.3 Å². The molecule has 3 fully saturated rings. The van der Waals surface area contributed by atoms with E-state index >= 15 is 0 Å². The number of ether oxygens (including phenoxy) is 3. The Kier molecular flexibility index (Phi) is 16.0. The summed E-state index contributed by atoms with van der Waals surface area (Å²) in [6.07, 6.45) is 4.21. The van der Waals surface area contributed by atoms with E-state index in [2.05, 4.69) is 24.6 Å². The number of nitrogens with zero attached hydrogens (tertiary/aromatic N) is 4. The molecule has 69 heavy (non-hydrogen) atoms. The molecule has 3 atom stereocenters. The second-order valence-electron chi connectivity index (χ2n) is 16.1. The van der Waals surface area contributed by atoms with Crippen molar-refractivity contribution in [2.75, 3.05) is 68.5 Å². The van der Waals surface area contributed by atoms with Gasteiger partial charge in [-0.05, 0) is 73.2 Å². The van der Waals surface area contributed by atoms with Gasteiger partial charge in [-0.2, -0.15) is 8.42 Å². The van der Waals surface area contributed by atoms with Crippen LogP contribution in [0.25, 0.3) is 0 Å². The van der Waals surface area contributed by atoms with E-state index in [4.69, 9.17) is 33.9 Å². The van der Waals surface area contributed by atoms with Gasteiger partial charge in [0.05, 0.1) is 43.0 Å². The minimum atomic E-state index is -3.63. The Bertz CT molecular complexity index is 2710. The number of amidine groups is 2. The molecular formula is C47H50N8O13S. The molecule has 3 aliphatic rings. The molecule has 4 amide bonds. The van der Waals surface area contributed by atoms with Crippen LogP contribution in [0.3, 0.4) is 0 Å². The lowest BCUT2D eigenvalue weighted by Gasteiger charge is -2.37. The van der Waals surface area contributed by atoms with Gasteiger partial charge in [-0.1, -0.05) is 30.3 Å². The third kappa shape index (κ3) is 13.5. The Morgan fingerprint density at radius 2 is 1.19 bits per heavy atom. The van der Waals surface area contributed by atoms with Crippen LogP contribution in [0.15, 0.2) is 125 Å². The van der Waals surface area contributed by atoms with Crippen LogP contribution in [-0.4, -0.2) is 137 Å². The number of benzene rings is 3. The van der Waals surface area contributed by atoms with Crippen LogP contribution in [0.2, 0.25) is 0 Å². The molecule has 3 aliphatic heterocycles. The van der Waals surface area contributed by atoms with Crippen LogP contribution < -0.4 is 20.4 Å². The van der Waals surface area contributed by atoms with E-state index in [-0.39, 0.29) is 49.5 Å². The molecule has 2 aromatic heterocycles. The van der Waals surface area contributed by atoms with Crippen molar-refractivity contribution in [3.05, 3.63) is 144 Å². The SMILES string of the molecule is CC(C(=O)OCc1ccccc1)N1CCN(CC2CN(c3ccc(C(=N)NC(=O)c4ccoc4)cc3)C(=O)O2)CC1.CS(=O)(=O)OCC1CN(c2ccc(C(=N)NC(=O)c3ccoc3)cc2)C(=O)O1. The van der Waals surface area contributed by atoms with Crippen molar-refractivity contribution < 1.29 is 59.6 Å². The molecule has 5 aromatic rings. The smallest absolute Gasteiger partial charge is 0.414 e. The highest BCUT2D eigenvalue weighted by Gasteiger charge is 2.36. The molecule has 0 saturated carbocycles. The summed E-state index contributed by atoms with van der Waals surface area (Å²) in [6, 6.07) is 25.4. The van der Waals surface area contributed by atoms with Crippen molar-refractivity contribution in [2.24, 2.45) is 0 Å². The second kappa shape index (κ2) is 22.4. The van der Waals surface area contributed by atoms with E-state index in [1.54, 1.807) is 53.4 Å². The fourth-order valence-corrected chi connectivity index (χ4v) is 7.78. The van der Waals surface area contributed by atoms with Gasteiger partial charge in [-0.3, -0.25) is 49.0 Å². The quantitative estimate of drug-likeness (QED) is 0.0371. The maximum absolute atomic E-state index is 12.6. The van der Waals surface area contributed by atoms with Gasteiger partial charge in [0, 0.05) is 55.2 Å². The summed E-state index contributed by atoms with van der Waals surface area (Å²) in [5.41, 5.74) is 3.68. The molecule has 8 rings (SSSR count). The number of piperazine rings is 1. The second-order valence-corrected chi connectivity index (χ2v) is 17.7. The third-order valence-electron chi connectivity index (χ3n) is 11.2. The average molecular weight is 967 g/mol. The lowest BCUT2D eigenvalue weighted by atomic mass is 10.1. The largest absolute Gasteiger partial charge is 0.472 e. The molecule has 4 N–H and O–H groups in total. The Labute approximate surface area is 397 Å². The molecule has 22 heteroatoms. The van der Waals surface area contributed by atoms with Crippen LogP contribution in [0.4, 0.5) is 21.0 Å². The number of carbonyl (C=O) groups is 5. The van der Waals surface area contributed by atoms with Gasteiger partial charge in [-0.25, -0.2) is 9.59 Å². The van der Waals surface area contributed by atoms with Gasteiger partial charge in [0.2, 0.25) is 0 Å². The molecule has 21 nitrogen and oxygen atoms in total. The number of amides is 4. The van der Waals surface area contributed by atoms with Gasteiger partial charge >= 0.3 is 18.2 Å². The van der Waals surface area contributed by atoms with Crippen LogP contribution >= 0.6 is 0 Å². The fourth-order valence-electron chi connectivity index (χ4n) is 7.38. The Morgan fingerprint density at radius 1 is 0.696 bits per heavy atom. The van der Waals surface area contributed by atoms with Gasteiger partial charge in [0.15, 0.2) is 0 Å². The van der Waals surface area contributed by atoms with Crippen LogP contribution in [0, 0.1) is 10.8 Å². The first kappa shape index (κ1) is 49.3. The highest BCUT2D eigenvalue weighted by Crippen LogP contribution is 2.25. The number of rotatable bonds is 15. The average Bonchev–Trinajstić information content (AvgIpc) is 4.20. The fraction of sp³-hybridized carbons (Fsp3) is 0.298. The van der Waals surface area contributed by atoms with Crippen LogP contribution in [-0.2, 0) is 39.9 Å². The first-order valence-corrected chi connectivity index (χ1v) is 23.4. The lowest BCUT2D eigenvalue weighted by Crippen LogP contribution is -2.53. The van der Waals surface area contributed by atoms with Crippen molar-refractivity contribution in [3.8, 4) is 0 Å². The molecule has 0 spiro atoms. The Morgan fingerprint density at radius 3 is 1.67 bits per heavy atom. The van der Waals surface area contributed by atoms with Crippen molar-refractivity contribution in [1.29, 1.82) is 10.8 Å². The minimum absolute atomic E-state index is 0.0532. The normalized spacial score (nSPS) is 17.8. The monoisotopic (exact) mass is 966 g/mol. The van der Waals surface area contributed by atoms with Crippen LogP contribution in [0.1, 0.15) is 44.3 Å². The number of carbonyl (C=O) groups excluding carboxylic acids is 5. The van der Waals surface area contributed by atoms with E-state index < -0.39 is 40.2 Å². The predicted molar refractivity (Wildman–Crippen MR) is 249 cm³/mol. The standard InChI is InChI=1S/C30H33N5O6.C17H17N3O7S/c1-21(29(37)40-19-22-5-3-2-4-6-22)34-14-12-33(13-15-34)17-26-18-35(30(38)41-26)25-9-7-23(8-10-25)27(31)32-28(36)24-11-16-39-20-24;1-28(23,24)26-10-14-8-20(17(22)27-14)13-4-2-11(3-5-13)15(18)19-16(21)12-6-7-25-9-12/h2-11,16,20-21,26H,12-15,17-19H2,1H3,(H2,31,32,36);2-7,9,14H,8,10H2,1H3,(H2,18,19,21). The number of furan rings is 2. The molecule has 3 unspecified atom stereocenters. The summed E-state index contributed by atoms with van der Waals surface area (Å²) in [4.78, 5) is 68.5. The summed E-state index contributed by atoms with van der Waals surface area (Å²) in [5.74, 6) is -1.30. The van der Waals surface area contributed by atoms with Gasteiger partial charge < -0.3 is 33.7 Å². The van der Waals surface area contributed by atoms with Gasteiger partial charge in [0.1, 0.15) is 55.7 Å². The number of nitrogens with one attached hydrogen (secondary N) is 4. The molecular weight excluding hydrogens is 917 g/mol. The summed E-state index contributed by atoms with van der Waals surface area (Å²) in [6.45, 7) is 5.97. The molecule has 3 aromatic carbocycles. The highest BCUT2D eigenvalue weighted by atomic mass is 32.2. The molecule has 3 saturated heterocycles. The van der Waals surface area contributed by atoms with Gasteiger partial charge in [0.25, 0.3) is 21.9 Å². The highest BCUT2D eigenvalue weighted by molar-refractivity contribution is 7.86. The first-order chi connectivity index (χ1) is 33.1. The lowest BCUT2D eigenvalue weighted by molar-refractivity contribution is -0.151. The minimum Gasteiger partial charge on any atom is -0.472 e. The number of esters is 1. The first-order valence-electron chi connectivity index (χ1n) is 21.6. The number of hydrogen-bond donors (Lipinski definition) is 4. The topological polar surface area (TPSA) is 267 Å². The zero-order valence-corrected chi connectivity index (χ0v) is 38.4. The van der Waals surface area contributed by atoms with E-state index in [1.165, 1.54) is 42.1 Å². The maximum Gasteiger partial charge on any atom is 0.414 e. The van der Waals surface area contributed by atoms with Crippen molar-refractivity contribution in [1.82, 2.24) is 20.4 Å². The van der Waals surface area contributed by atoms with Gasteiger partial charge in [-0.15, -0.1) is 0 Å². The van der Waals surface area contributed by atoms with E-state index in [9.17, 15) is 32.4 Å². The Hall–Kier alpha value is -7.66. The zero-order valence-electron chi connectivity index (χ0n) is 37.6. The third-order valence-corrected chi connectivity index (χ3v) is 11.7. The molecule has 362 valence electrons. The summed E-state index contributed by atoms with van der Waals surface area (Å²) in [5, 5.41) is 21.1. The molecule has 0 aliphatic carbocycles. The number of anilines is 2. The maximum atomic E-state index is 12.6. The van der Waals surface area contributed by atoms with E-state index in [0.29, 0.717) is 46.7 Å². The summed E-state index contributed by atoms with van der Waals surface area (Å²) < 4.78 is 52.7. The van der Waals surface area contributed by atoms with E-state index in [0.717, 1.165) is 38.0 Å². The summed E-state index contributed by atoms with van der Waals surface area (Å²) in [7, 11) is -3.63.